The third-order valence-corrected chi connectivity index (χ3v) is 15.6. The lowest BCUT2D eigenvalue weighted by Crippen LogP contribution is -2.54. The second-order valence-corrected chi connectivity index (χ2v) is 16.9. The van der Waals surface area contributed by atoms with Crippen LogP contribution < -0.4 is 4.74 Å². The molecule has 0 saturated heterocycles. The van der Waals surface area contributed by atoms with Crippen molar-refractivity contribution in [3.63, 3.8) is 0 Å². The van der Waals surface area contributed by atoms with Gasteiger partial charge in [0.25, 0.3) is 0 Å². The van der Waals surface area contributed by atoms with Gasteiger partial charge in [-0.15, -0.1) is 6.58 Å². The van der Waals surface area contributed by atoms with Gasteiger partial charge < -0.3 is 9.47 Å². The molecule has 3 atom stereocenters. The first kappa shape index (κ1) is 28.0. The molecule has 3 unspecified atom stereocenters. The van der Waals surface area contributed by atoms with Crippen molar-refractivity contribution in [2.24, 2.45) is 11.8 Å². The molecule has 1 aromatic carbocycles. The van der Waals surface area contributed by atoms with E-state index in [1.807, 2.05) is 12.1 Å². The molecule has 1 aromatic rings. The van der Waals surface area contributed by atoms with Crippen molar-refractivity contribution in [1.82, 2.24) is 0 Å². The fourth-order valence-electron chi connectivity index (χ4n) is 6.30. The Morgan fingerprint density at radius 1 is 0.839 bits per heavy atom. The van der Waals surface area contributed by atoms with Gasteiger partial charge in [-0.3, -0.25) is 0 Å². The normalized spacial score (nSPS) is 15.5. The fraction of sp³-hybridized carbons (Fsp3) is 0.714. The lowest BCUT2D eigenvalue weighted by molar-refractivity contribution is 0.0364. The van der Waals surface area contributed by atoms with Crippen molar-refractivity contribution in [3.8, 4) is 5.75 Å². The number of rotatable bonds is 14. The maximum Gasteiger partial charge on any atom is 0.118 e. The Balaban J connectivity index is 3.29. The average Bonchev–Trinajstić information content (AvgIpc) is 2.70. The number of benzene rings is 1. The highest BCUT2D eigenvalue weighted by atomic mass is 28.3. The zero-order chi connectivity index (χ0) is 23.8. The highest BCUT2D eigenvalue weighted by Crippen LogP contribution is 2.55. The van der Waals surface area contributed by atoms with Crippen LogP contribution in [0.2, 0.25) is 22.2 Å². The second kappa shape index (κ2) is 12.8. The summed E-state index contributed by atoms with van der Waals surface area (Å²) < 4.78 is 12.0. The fourth-order valence-corrected chi connectivity index (χ4v) is 14.6. The van der Waals surface area contributed by atoms with Crippen molar-refractivity contribution in [3.05, 3.63) is 42.5 Å². The van der Waals surface area contributed by atoms with E-state index < -0.39 is 8.07 Å². The average molecular weight is 447 g/mol. The summed E-state index contributed by atoms with van der Waals surface area (Å²) in [4.78, 5) is 0. The van der Waals surface area contributed by atoms with Crippen LogP contribution in [0, 0.1) is 11.8 Å². The number of hydrogen-bond acceptors (Lipinski definition) is 2. The minimum atomic E-state index is -1.75. The quantitative estimate of drug-likeness (QED) is 0.210. The molecule has 0 saturated carbocycles. The summed E-state index contributed by atoms with van der Waals surface area (Å²) in [6.07, 6.45) is 4.92. The molecular weight excluding hydrogens is 396 g/mol. The standard InChI is InChI=1S/C28H50O2Si/c1-12-26(16-13-20(2)3)28(31(21(4)5,22(6)7)23(8)9)24(10)30-19-25-14-17-27(29-11)18-15-25/h12,14-15,17-18,20-24,26,28H,1,13,16,19H2,2-11H3. The van der Waals surface area contributed by atoms with Gasteiger partial charge in [0, 0.05) is 0 Å². The number of methoxy groups -OCH3 is 1. The van der Waals surface area contributed by atoms with Crippen molar-refractivity contribution in [2.45, 2.75) is 110 Å². The van der Waals surface area contributed by atoms with E-state index in [-0.39, 0.29) is 6.10 Å². The minimum Gasteiger partial charge on any atom is -0.497 e. The van der Waals surface area contributed by atoms with Crippen LogP contribution in [-0.2, 0) is 11.3 Å². The lowest BCUT2D eigenvalue weighted by Gasteiger charge is -2.53. The van der Waals surface area contributed by atoms with Gasteiger partial charge in [-0.2, -0.15) is 0 Å². The van der Waals surface area contributed by atoms with Crippen LogP contribution in [0.25, 0.3) is 0 Å². The molecule has 0 fully saturated rings. The van der Waals surface area contributed by atoms with Crippen LogP contribution >= 0.6 is 0 Å². The van der Waals surface area contributed by atoms with Gasteiger partial charge in [-0.25, -0.2) is 0 Å². The summed E-state index contributed by atoms with van der Waals surface area (Å²) in [7, 11) is -0.0383. The smallest absolute Gasteiger partial charge is 0.118 e. The number of hydrogen-bond donors (Lipinski definition) is 0. The Morgan fingerprint density at radius 3 is 1.74 bits per heavy atom. The van der Waals surface area contributed by atoms with E-state index in [4.69, 9.17) is 9.47 Å². The molecule has 0 radical (unpaired) electrons. The molecule has 0 aliphatic rings. The molecule has 178 valence electrons. The third kappa shape index (κ3) is 6.96. The van der Waals surface area contributed by atoms with Crippen LogP contribution in [0.4, 0.5) is 0 Å². The van der Waals surface area contributed by atoms with Gasteiger partial charge in [-0.1, -0.05) is 96.6 Å². The molecule has 31 heavy (non-hydrogen) atoms. The summed E-state index contributed by atoms with van der Waals surface area (Å²) in [5, 5.41) is 0. The zero-order valence-electron chi connectivity index (χ0n) is 22.1. The van der Waals surface area contributed by atoms with Crippen molar-refractivity contribution in [2.75, 3.05) is 7.11 Å². The largest absolute Gasteiger partial charge is 0.497 e. The summed E-state index contributed by atoms with van der Waals surface area (Å²) in [5.74, 6) is 2.11. The zero-order valence-corrected chi connectivity index (χ0v) is 23.1. The van der Waals surface area contributed by atoms with Gasteiger partial charge in [0.15, 0.2) is 0 Å². The molecule has 0 amide bonds. The highest BCUT2D eigenvalue weighted by molar-refractivity contribution is 6.85. The summed E-state index contributed by atoms with van der Waals surface area (Å²) in [5.41, 5.74) is 3.86. The van der Waals surface area contributed by atoms with Crippen molar-refractivity contribution >= 4 is 8.07 Å². The topological polar surface area (TPSA) is 18.5 Å². The SMILES string of the molecule is C=CC(CCC(C)C)C(C(C)OCc1ccc(OC)cc1)[Si](C(C)C)(C(C)C)C(C)C. The molecule has 2 nitrogen and oxygen atoms in total. The highest BCUT2D eigenvalue weighted by Gasteiger charge is 2.52. The second-order valence-electron chi connectivity index (χ2n) is 10.7. The summed E-state index contributed by atoms with van der Waals surface area (Å²) >= 11 is 0. The van der Waals surface area contributed by atoms with Crippen LogP contribution in [0.15, 0.2) is 36.9 Å². The van der Waals surface area contributed by atoms with Gasteiger partial charge in [0.1, 0.15) is 5.75 Å². The van der Waals surface area contributed by atoms with Gasteiger partial charge in [0.2, 0.25) is 0 Å². The number of allylic oxidation sites excluding steroid dienone is 1. The summed E-state index contributed by atoms with van der Waals surface area (Å²) in [6, 6.07) is 8.27. The van der Waals surface area contributed by atoms with E-state index >= 15 is 0 Å². The van der Waals surface area contributed by atoms with E-state index in [9.17, 15) is 0 Å². The Hall–Kier alpha value is -1.06. The third-order valence-electron chi connectivity index (χ3n) is 7.60. The van der Waals surface area contributed by atoms with E-state index in [0.717, 1.165) is 5.75 Å². The van der Waals surface area contributed by atoms with Crippen LogP contribution in [0.5, 0.6) is 5.75 Å². The number of ether oxygens (including phenoxy) is 2. The van der Waals surface area contributed by atoms with Crippen LogP contribution in [-0.4, -0.2) is 21.3 Å². The first-order valence-corrected chi connectivity index (χ1v) is 14.7. The minimum absolute atomic E-state index is 0.205. The molecule has 0 bridgehead atoms. The Kier molecular flexibility index (Phi) is 11.6. The van der Waals surface area contributed by atoms with Crippen LogP contribution in [0.1, 0.15) is 80.7 Å². The molecule has 0 spiro atoms. The molecule has 0 aromatic heterocycles. The maximum atomic E-state index is 6.66. The van der Waals surface area contributed by atoms with Crippen molar-refractivity contribution < 1.29 is 9.47 Å². The van der Waals surface area contributed by atoms with Gasteiger partial charge in [0.05, 0.1) is 27.9 Å². The van der Waals surface area contributed by atoms with E-state index in [0.29, 0.717) is 40.6 Å². The first-order chi connectivity index (χ1) is 14.5. The van der Waals surface area contributed by atoms with E-state index in [1.165, 1.54) is 18.4 Å². The van der Waals surface area contributed by atoms with Gasteiger partial charge >= 0.3 is 0 Å². The molecule has 0 aliphatic heterocycles. The lowest BCUT2D eigenvalue weighted by atomic mass is 9.92. The molecule has 0 N–H and O–H groups in total. The molecule has 1 rings (SSSR count). The summed E-state index contributed by atoms with van der Waals surface area (Å²) in [6.45, 7) is 26.8. The molecule has 0 aliphatic carbocycles. The monoisotopic (exact) mass is 446 g/mol. The van der Waals surface area contributed by atoms with E-state index in [1.54, 1.807) is 7.11 Å². The van der Waals surface area contributed by atoms with Crippen LogP contribution in [0.3, 0.4) is 0 Å². The van der Waals surface area contributed by atoms with E-state index in [2.05, 4.69) is 87.1 Å². The Morgan fingerprint density at radius 2 is 1.35 bits per heavy atom. The molecule has 0 heterocycles. The molecular formula is C28H50O2Si. The predicted molar refractivity (Wildman–Crippen MR) is 140 cm³/mol. The maximum absolute atomic E-state index is 6.66. The predicted octanol–water partition coefficient (Wildman–Crippen LogP) is 8.89. The van der Waals surface area contributed by atoms with Crippen molar-refractivity contribution in [1.29, 1.82) is 0 Å². The Bertz CT molecular complexity index is 611. The Labute approximate surface area is 194 Å². The first-order valence-electron chi connectivity index (χ1n) is 12.4. The molecule has 3 heteroatoms. The van der Waals surface area contributed by atoms with Gasteiger partial charge in [-0.05, 0) is 48.4 Å².